The van der Waals surface area contributed by atoms with E-state index >= 15 is 0 Å². The van der Waals surface area contributed by atoms with Gasteiger partial charge in [0.2, 0.25) is 0 Å². The Bertz CT molecular complexity index is 475. The molecule has 78 valence electrons. The van der Waals surface area contributed by atoms with Gasteiger partial charge in [0.1, 0.15) is 11.2 Å². The molecule has 4 heteroatoms. The zero-order chi connectivity index (χ0) is 10.3. The third-order valence-electron chi connectivity index (χ3n) is 3.00. The van der Waals surface area contributed by atoms with Crippen LogP contribution >= 0.6 is 11.3 Å². The first-order chi connectivity index (χ1) is 7.34. The van der Waals surface area contributed by atoms with Crippen LogP contribution in [0.25, 0.3) is 10.2 Å². The Labute approximate surface area is 92.4 Å². The van der Waals surface area contributed by atoms with Crippen LogP contribution in [0.2, 0.25) is 0 Å². The number of hydrogen-bond acceptors (Lipinski definition) is 4. The lowest BCUT2D eigenvalue weighted by Gasteiger charge is -2.09. The number of thiophene rings is 1. The maximum atomic E-state index is 6.11. The van der Waals surface area contributed by atoms with E-state index in [1.54, 1.807) is 17.7 Å². The van der Waals surface area contributed by atoms with Crippen LogP contribution in [0, 0.1) is 5.92 Å². The van der Waals surface area contributed by atoms with Crippen molar-refractivity contribution in [1.82, 2.24) is 9.97 Å². The summed E-state index contributed by atoms with van der Waals surface area (Å²) >= 11 is 1.66. The van der Waals surface area contributed by atoms with Crippen LogP contribution in [0.4, 0.5) is 0 Å². The smallest absolute Gasteiger partial charge is 0.126 e. The van der Waals surface area contributed by atoms with Crippen molar-refractivity contribution >= 4 is 21.6 Å². The summed E-state index contributed by atoms with van der Waals surface area (Å²) in [6.07, 6.45) is 5.12. The zero-order valence-corrected chi connectivity index (χ0v) is 9.20. The average Bonchev–Trinajstić information content (AvgIpc) is 2.97. The molecule has 1 fully saturated rings. The molecule has 1 saturated carbocycles. The molecule has 2 N–H and O–H groups in total. The van der Waals surface area contributed by atoms with Crippen molar-refractivity contribution in [3.8, 4) is 0 Å². The third-order valence-corrected chi connectivity index (χ3v) is 3.82. The fraction of sp³-hybridized carbons (Fsp3) is 0.455. The van der Waals surface area contributed by atoms with Crippen molar-refractivity contribution in [2.24, 2.45) is 11.7 Å². The Morgan fingerprint density at radius 1 is 1.47 bits per heavy atom. The van der Waals surface area contributed by atoms with E-state index in [0.717, 1.165) is 22.9 Å². The molecule has 0 aliphatic heterocycles. The second-order valence-electron chi connectivity index (χ2n) is 4.17. The van der Waals surface area contributed by atoms with Gasteiger partial charge in [-0.3, -0.25) is 0 Å². The molecule has 2 heterocycles. The summed E-state index contributed by atoms with van der Waals surface area (Å²) in [6.45, 7) is 0. The van der Waals surface area contributed by atoms with E-state index in [1.807, 2.05) is 0 Å². The van der Waals surface area contributed by atoms with Gasteiger partial charge in [-0.1, -0.05) is 0 Å². The fourth-order valence-electron chi connectivity index (χ4n) is 1.92. The van der Waals surface area contributed by atoms with Gasteiger partial charge in [0.15, 0.2) is 0 Å². The highest BCUT2D eigenvalue weighted by molar-refractivity contribution is 7.16. The standard InChI is InChI=1S/C11H13N3S/c12-9(7-1-2-7)5-10-8-3-4-15-11(8)14-6-13-10/h3-4,6-7,9H,1-2,5,12H2. The molecule has 15 heavy (non-hydrogen) atoms. The quantitative estimate of drug-likeness (QED) is 0.858. The molecule has 1 atom stereocenters. The van der Waals surface area contributed by atoms with Gasteiger partial charge in [-0.15, -0.1) is 11.3 Å². The average molecular weight is 219 g/mol. The predicted molar refractivity (Wildman–Crippen MR) is 61.8 cm³/mol. The van der Waals surface area contributed by atoms with Crippen LogP contribution in [0.5, 0.6) is 0 Å². The Hall–Kier alpha value is -1.00. The summed E-state index contributed by atoms with van der Waals surface area (Å²) in [5, 5.41) is 3.24. The van der Waals surface area contributed by atoms with E-state index in [2.05, 4.69) is 21.4 Å². The van der Waals surface area contributed by atoms with Crippen LogP contribution in [0.15, 0.2) is 17.8 Å². The van der Waals surface area contributed by atoms with E-state index < -0.39 is 0 Å². The minimum atomic E-state index is 0.281. The predicted octanol–water partition coefficient (Wildman–Crippen LogP) is 1.97. The van der Waals surface area contributed by atoms with Gasteiger partial charge in [0.25, 0.3) is 0 Å². The summed E-state index contributed by atoms with van der Waals surface area (Å²) in [5.41, 5.74) is 7.23. The van der Waals surface area contributed by atoms with E-state index in [0.29, 0.717) is 0 Å². The maximum absolute atomic E-state index is 6.11. The third kappa shape index (κ3) is 1.75. The van der Waals surface area contributed by atoms with Gasteiger partial charge >= 0.3 is 0 Å². The van der Waals surface area contributed by atoms with Gasteiger partial charge in [-0.25, -0.2) is 9.97 Å². The highest BCUT2D eigenvalue weighted by Gasteiger charge is 2.29. The molecular formula is C11H13N3S. The fourth-order valence-corrected chi connectivity index (χ4v) is 2.67. The minimum Gasteiger partial charge on any atom is -0.327 e. The highest BCUT2D eigenvalue weighted by Crippen LogP contribution is 2.33. The minimum absolute atomic E-state index is 0.281. The molecule has 0 saturated heterocycles. The molecule has 1 aliphatic carbocycles. The molecule has 0 spiro atoms. The normalized spacial score (nSPS) is 18.2. The molecule has 1 unspecified atom stereocenters. The Morgan fingerprint density at radius 2 is 2.33 bits per heavy atom. The topological polar surface area (TPSA) is 51.8 Å². The lowest BCUT2D eigenvalue weighted by atomic mass is 10.1. The van der Waals surface area contributed by atoms with Crippen LogP contribution in [0.3, 0.4) is 0 Å². The molecule has 2 aromatic rings. The summed E-state index contributed by atoms with van der Waals surface area (Å²) in [7, 11) is 0. The van der Waals surface area contributed by atoms with E-state index in [-0.39, 0.29) is 6.04 Å². The van der Waals surface area contributed by atoms with Gasteiger partial charge < -0.3 is 5.73 Å². The first-order valence-electron chi connectivity index (χ1n) is 5.27. The number of nitrogens with zero attached hydrogens (tertiary/aromatic N) is 2. The van der Waals surface area contributed by atoms with Crippen molar-refractivity contribution in [2.45, 2.75) is 25.3 Å². The van der Waals surface area contributed by atoms with Gasteiger partial charge in [-0.05, 0) is 30.2 Å². The number of aromatic nitrogens is 2. The number of rotatable bonds is 3. The lowest BCUT2D eigenvalue weighted by molar-refractivity contribution is 0.586. The van der Waals surface area contributed by atoms with Crippen LogP contribution in [-0.2, 0) is 6.42 Å². The molecule has 0 amide bonds. The molecule has 1 aliphatic rings. The number of hydrogen-bond donors (Lipinski definition) is 1. The van der Waals surface area contributed by atoms with Gasteiger partial charge in [-0.2, -0.15) is 0 Å². The van der Waals surface area contributed by atoms with Crippen molar-refractivity contribution < 1.29 is 0 Å². The van der Waals surface area contributed by atoms with E-state index in [4.69, 9.17) is 5.73 Å². The number of fused-ring (bicyclic) bond motifs is 1. The highest BCUT2D eigenvalue weighted by atomic mass is 32.1. The van der Waals surface area contributed by atoms with Crippen LogP contribution in [-0.4, -0.2) is 16.0 Å². The SMILES string of the molecule is NC(Cc1ncnc2sccc12)C1CC1. The molecule has 0 aromatic carbocycles. The molecule has 0 bridgehead atoms. The maximum Gasteiger partial charge on any atom is 0.126 e. The molecule has 0 radical (unpaired) electrons. The lowest BCUT2D eigenvalue weighted by Crippen LogP contribution is -2.25. The van der Waals surface area contributed by atoms with Crippen molar-refractivity contribution in [1.29, 1.82) is 0 Å². The van der Waals surface area contributed by atoms with Crippen LogP contribution < -0.4 is 5.73 Å². The second-order valence-corrected chi connectivity index (χ2v) is 5.06. The summed E-state index contributed by atoms with van der Waals surface area (Å²) in [4.78, 5) is 9.65. The summed E-state index contributed by atoms with van der Waals surface area (Å²) in [6, 6.07) is 2.37. The summed E-state index contributed by atoms with van der Waals surface area (Å²) in [5.74, 6) is 0.730. The zero-order valence-electron chi connectivity index (χ0n) is 8.39. The van der Waals surface area contributed by atoms with E-state index in [1.165, 1.54) is 18.2 Å². The molecule has 2 aromatic heterocycles. The molecule has 3 nitrogen and oxygen atoms in total. The van der Waals surface area contributed by atoms with Crippen molar-refractivity contribution in [3.63, 3.8) is 0 Å². The van der Waals surface area contributed by atoms with Crippen molar-refractivity contribution in [3.05, 3.63) is 23.5 Å². The van der Waals surface area contributed by atoms with Crippen molar-refractivity contribution in [2.75, 3.05) is 0 Å². The van der Waals surface area contributed by atoms with Crippen LogP contribution in [0.1, 0.15) is 18.5 Å². The Balaban J connectivity index is 1.92. The van der Waals surface area contributed by atoms with Gasteiger partial charge in [0.05, 0.1) is 5.69 Å². The van der Waals surface area contributed by atoms with Gasteiger partial charge in [0, 0.05) is 17.8 Å². The first-order valence-corrected chi connectivity index (χ1v) is 6.15. The molecular weight excluding hydrogens is 206 g/mol. The second kappa shape index (κ2) is 3.54. The van der Waals surface area contributed by atoms with E-state index in [9.17, 15) is 0 Å². The Morgan fingerprint density at radius 3 is 3.13 bits per heavy atom. The molecule has 3 rings (SSSR count). The largest absolute Gasteiger partial charge is 0.327 e. The number of nitrogens with two attached hydrogens (primary N) is 1. The summed E-state index contributed by atoms with van der Waals surface area (Å²) < 4.78 is 0. The Kier molecular flexibility index (Phi) is 2.18. The first kappa shape index (κ1) is 9.24. The monoisotopic (exact) mass is 219 g/mol.